The highest BCUT2D eigenvalue weighted by molar-refractivity contribution is 7.88. The number of pyridine rings is 1. The van der Waals surface area contributed by atoms with Crippen LogP contribution in [0.25, 0.3) is 0 Å². The number of carbonyl (C=O) groups excluding carboxylic acids is 2. The maximum absolute atomic E-state index is 14.4. The van der Waals surface area contributed by atoms with Gasteiger partial charge in [-0.1, -0.05) is 60.9 Å². The number of anilines is 1. The summed E-state index contributed by atoms with van der Waals surface area (Å²) in [4.78, 5) is 40.0. The number of amides is 2. The SMILES string of the molecule is Cc1ccc([C@H]2[C@H](C(=O)NOCc3cccc(N)n3)c3ccccc3C(=O)N2[C@H]2CCCC[C@@H]2NS(C)(=O)=O)c(C)c1. The molecule has 4 atom stereocenters. The summed E-state index contributed by atoms with van der Waals surface area (Å²) in [6.45, 7) is 3.96. The number of aryl methyl sites for hydroxylation is 2. The van der Waals surface area contributed by atoms with E-state index in [1.807, 2.05) is 38.1 Å². The number of benzene rings is 2. The largest absolute Gasteiger partial charge is 0.384 e. The van der Waals surface area contributed by atoms with Crippen molar-refractivity contribution >= 4 is 27.7 Å². The molecule has 1 fully saturated rings. The van der Waals surface area contributed by atoms with Gasteiger partial charge in [-0.05, 0) is 61.6 Å². The molecule has 10 nitrogen and oxygen atoms in total. The highest BCUT2D eigenvalue weighted by atomic mass is 32.2. The smallest absolute Gasteiger partial charge is 0.255 e. The van der Waals surface area contributed by atoms with Crippen molar-refractivity contribution in [1.29, 1.82) is 0 Å². The first-order valence-corrected chi connectivity index (χ1v) is 16.0. The molecule has 0 radical (unpaired) electrons. The zero-order valence-corrected chi connectivity index (χ0v) is 24.9. The van der Waals surface area contributed by atoms with Gasteiger partial charge in [0.25, 0.3) is 11.8 Å². The summed E-state index contributed by atoms with van der Waals surface area (Å²) in [6.07, 6.45) is 4.01. The van der Waals surface area contributed by atoms with Crippen molar-refractivity contribution in [2.75, 3.05) is 12.0 Å². The van der Waals surface area contributed by atoms with Gasteiger partial charge in [0.1, 0.15) is 12.4 Å². The van der Waals surface area contributed by atoms with Gasteiger partial charge in [0.15, 0.2) is 0 Å². The van der Waals surface area contributed by atoms with Crippen LogP contribution in [0.4, 0.5) is 5.82 Å². The molecule has 0 spiro atoms. The van der Waals surface area contributed by atoms with Crippen molar-refractivity contribution in [1.82, 2.24) is 20.1 Å². The third-order valence-corrected chi connectivity index (χ3v) is 8.81. The van der Waals surface area contributed by atoms with Crippen LogP contribution in [0.1, 0.15) is 75.9 Å². The number of nitrogens with one attached hydrogen (secondary N) is 2. The van der Waals surface area contributed by atoms with Crippen LogP contribution in [0.3, 0.4) is 0 Å². The third-order valence-electron chi connectivity index (χ3n) is 8.08. The molecule has 1 aliphatic carbocycles. The first-order valence-electron chi connectivity index (χ1n) is 14.1. The van der Waals surface area contributed by atoms with Gasteiger partial charge in [-0.3, -0.25) is 14.4 Å². The normalized spacial score (nSPS) is 22.5. The van der Waals surface area contributed by atoms with Crippen LogP contribution in [0.2, 0.25) is 0 Å². The van der Waals surface area contributed by atoms with E-state index in [4.69, 9.17) is 10.6 Å². The highest BCUT2D eigenvalue weighted by Gasteiger charge is 2.49. The quantitative estimate of drug-likeness (QED) is 0.339. The molecule has 222 valence electrons. The molecule has 11 heteroatoms. The lowest BCUT2D eigenvalue weighted by atomic mass is 9.75. The number of sulfonamides is 1. The second-order valence-electron chi connectivity index (χ2n) is 11.2. The van der Waals surface area contributed by atoms with Crippen LogP contribution in [-0.2, 0) is 26.3 Å². The minimum Gasteiger partial charge on any atom is -0.384 e. The second-order valence-corrected chi connectivity index (χ2v) is 13.0. The van der Waals surface area contributed by atoms with Crippen molar-refractivity contribution in [2.24, 2.45) is 0 Å². The fourth-order valence-corrected chi connectivity index (χ4v) is 7.19. The van der Waals surface area contributed by atoms with E-state index in [-0.39, 0.29) is 12.5 Å². The maximum Gasteiger partial charge on any atom is 0.255 e. The standard InChI is InChI=1S/C31H37N5O5S/c1-19-15-16-22(20(2)17-19)29-28(30(37)34-41-18-21-9-8-14-27(32)33-21)23-10-4-5-11-24(23)31(38)36(29)26-13-7-6-12-25(26)35-42(3,39)40/h4-5,8-11,14-17,25-26,28-29,35H,6-7,12-13,18H2,1-3H3,(H2,32,33)(H,34,37)/t25-,26-,28+,29-/m0/s1. The molecule has 0 saturated heterocycles. The number of nitrogens with two attached hydrogens (primary N) is 1. The first-order chi connectivity index (χ1) is 20.0. The molecule has 4 N–H and O–H groups in total. The van der Waals surface area contributed by atoms with E-state index in [0.717, 1.165) is 35.8 Å². The summed E-state index contributed by atoms with van der Waals surface area (Å²) < 4.78 is 27.5. The Bertz CT molecular complexity index is 1590. The van der Waals surface area contributed by atoms with Gasteiger partial charge in [0.05, 0.1) is 23.9 Å². The number of nitrogen functional groups attached to an aromatic ring is 1. The van der Waals surface area contributed by atoms with E-state index in [2.05, 4.69) is 15.2 Å². The maximum atomic E-state index is 14.4. The van der Waals surface area contributed by atoms with Crippen molar-refractivity contribution in [3.63, 3.8) is 0 Å². The Balaban J connectivity index is 1.59. The lowest BCUT2D eigenvalue weighted by Crippen LogP contribution is -2.59. The van der Waals surface area contributed by atoms with E-state index < -0.39 is 40.0 Å². The first kappa shape index (κ1) is 29.7. The number of hydroxylamine groups is 1. The molecular formula is C31H37N5O5S. The molecule has 1 aromatic heterocycles. The van der Waals surface area contributed by atoms with Crippen LogP contribution >= 0.6 is 0 Å². The molecule has 0 bridgehead atoms. The topological polar surface area (TPSA) is 144 Å². The van der Waals surface area contributed by atoms with Crippen LogP contribution in [0.15, 0.2) is 60.7 Å². The minimum absolute atomic E-state index is 0.00496. The summed E-state index contributed by atoms with van der Waals surface area (Å²) in [5.41, 5.74) is 12.8. The van der Waals surface area contributed by atoms with Gasteiger partial charge in [-0.25, -0.2) is 23.6 Å². The average molecular weight is 592 g/mol. The molecule has 1 saturated carbocycles. The van der Waals surface area contributed by atoms with E-state index in [0.29, 0.717) is 35.5 Å². The number of nitrogens with zero attached hydrogens (tertiary/aromatic N) is 2. The third kappa shape index (κ3) is 6.33. The second kappa shape index (κ2) is 12.2. The Morgan fingerprint density at radius 1 is 1.05 bits per heavy atom. The molecule has 2 aliphatic rings. The predicted molar refractivity (Wildman–Crippen MR) is 160 cm³/mol. The predicted octanol–water partition coefficient (Wildman–Crippen LogP) is 3.67. The van der Waals surface area contributed by atoms with E-state index in [9.17, 15) is 18.0 Å². The van der Waals surface area contributed by atoms with E-state index in [1.54, 1.807) is 41.3 Å². The zero-order chi connectivity index (χ0) is 30.0. The van der Waals surface area contributed by atoms with Crippen LogP contribution < -0.4 is 15.9 Å². The fourth-order valence-electron chi connectivity index (χ4n) is 6.37. The molecule has 5 rings (SSSR count). The Morgan fingerprint density at radius 3 is 2.55 bits per heavy atom. The fraction of sp³-hybridized carbons (Fsp3) is 0.387. The molecule has 1 aliphatic heterocycles. The molecule has 2 aromatic carbocycles. The zero-order valence-electron chi connectivity index (χ0n) is 24.0. The Morgan fingerprint density at radius 2 is 1.81 bits per heavy atom. The summed E-state index contributed by atoms with van der Waals surface area (Å²) in [5, 5.41) is 0. The van der Waals surface area contributed by atoms with Crippen molar-refractivity contribution in [2.45, 2.75) is 70.2 Å². The van der Waals surface area contributed by atoms with Crippen molar-refractivity contribution < 1.29 is 22.8 Å². The summed E-state index contributed by atoms with van der Waals surface area (Å²) in [7, 11) is -3.54. The molecule has 3 aromatic rings. The van der Waals surface area contributed by atoms with Crippen molar-refractivity contribution in [3.05, 3.63) is 94.2 Å². The van der Waals surface area contributed by atoms with E-state index in [1.165, 1.54) is 0 Å². The van der Waals surface area contributed by atoms with Gasteiger partial charge in [0, 0.05) is 17.6 Å². The Labute approximate surface area is 246 Å². The average Bonchev–Trinajstić information content (AvgIpc) is 2.93. The lowest BCUT2D eigenvalue weighted by Gasteiger charge is -2.49. The number of aromatic nitrogens is 1. The molecule has 2 amide bonds. The van der Waals surface area contributed by atoms with Crippen molar-refractivity contribution in [3.8, 4) is 0 Å². The van der Waals surface area contributed by atoms with E-state index >= 15 is 0 Å². The summed E-state index contributed by atoms with van der Waals surface area (Å²) in [6, 6.07) is 16.6. The number of hydrogen-bond donors (Lipinski definition) is 3. The number of hydrogen-bond acceptors (Lipinski definition) is 7. The molecular weight excluding hydrogens is 554 g/mol. The van der Waals surface area contributed by atoms with Gasteiger partial charge in [-0.2, -0.15) is 0 Å². The van der Waals surface area contributed by atoms with Gasteiger partial charge < -0.3 is 10.6 Å². The molecule has 2 heterocycles. The number of rotatable bonds is 8. The molecule has 0 unspecified atom stereocenters. The number of carbonyl (C=O) groups is 2. The monoisotopic (exact) mass is 591 g/mol. The van der Waals surface area contributed by atoms with Gasteiger partial charge >= 0.3 is 0 Å². The van der Waals surface area contributed by atoms with Crippen LogP contribution in [0.5, 0.6) is 0 Å². The Hall–Kier alpha value is -3.80. The minimum atomic E-state index is -3.54. The Kier molecular flexibility index (Phi) is 8.63. The van der Waals surface area contributed by atoms with Crippen LogP contribution in [-0.4, -0.2) is 48.5 Å². The van der Waals surface area contributed by atoms with Gasteiger partial charge in [-0.15, -0.1) is 0 Å². The van der Waals surface area contributed by atoms with Crippen LogP contribution in [0, 0.1) is 13.8 Å². The lowest BCUT2D eigenvalue weighted by molar-refractivity contribution is -0.138. The summed E-state index contributed by atoms with van der Waals surface area (Å²) in [5.74, 6) is -1.12. The summed E-state index contributed by atoms with van der Waals surface area (Å²) >= 11 is 0. The highest BCUT2D eigenvalue weighted by Crippen LogP contribution is 2.46. The number of fused-ring (bicyclic) bond motifs is 1. The van der Waals surface area contributed by atoms with Gasteiger partial charge in [0.2, 0.25) is 10.0 Å². The molecule has 42 heavy (non-hydrogen) atoms.